The summed E-state index contributed by atoms with van der Waals surface area (Å²) in [6.45, 7) is 3.94. The van der Waals surface area contributed by atoms with E-state index in [0.717, 1.165) is 31.6 Å². The molecule has 4 rings (SSSR count). The van der Waals surface area contributed by atoms with E-state index in [2.05, 4.69) is 4.90 Å². The molecule has 0 saturated carbocycles. The Bertz CT molecular complexity index is 933. The average molecular weight is 429 g/mol. The Balaban J connectivity index is 1.29. The van der Waals surface area contributed by atoms with E-state index in [1.165, 1.54) is 12.1 Å². The molecule has 2 aromatic carbocycles. The Labute approximate surface area is 180 Å². The third-order valence-electron chi connectivity index (χ3n) is 6.06. The lowest BCUT2D eigenvalue weighted by molar-refractivity contribution is 0.0769. The van der Waals surface area contributed by atoms with Gasteiger partial charge >= 0.3 is 0 Å². The zero-order valence-electron chi connectivity index (χ0n) is 16.6. The minimum atomic E-state index is -0.571. The highest BCUT2D eigenvalue weighted by Gasteiger charge is 2.42. The number of nitrogens with two attached hydrogens (primary N) is 1. The molecule has 2 saturated heterocycles. The standard InChI is InChI=1S/C23H24ClFN3O2/c24-19-8-3-9-20(25)21(19)23(30)28-13-16-11-27(12-17(16)14-28)10-4-6-15-5-1-2-7-18(15)22(26)29/h1-3,5-9,16-17H,4,10-14H2,(H2,26,29)/t16-,17?/m0/s1. The second kappa shape index (κ2) is 8.74. The first kappa shape index (κ1) is 20.8. The second-order valence-electron chi connectivity index (χ2n) is 8.03. The smallest absolute Gasteiger partial charge is 0.258 e. The lowest BCUT2D eigenvalue weighted by Gasteiger charge is -2.22. The van der Waals surface area contributed by atoms with Crippen molar-refractivity contribution in [2.24, 2.45) is 17.6 Å². The summed E-state index contributed by atoms with van der Waals surface area (Å²) in [7, 11) is 0. The van der Waals surface area contributed by atoms with Crippen LogP contribution in [0.4, 0.5) is 4.39 Å². The van der Waals surface area contributed by atoms with E-state index in [-0.39, 0.29) is 16.5 Å². The molecule has 2 amide bonds. The molecule has 2 heterocycles. The van der Waals surface area contributed by atoms with Gasteiger partial charge in [0.25, 0.3) is 5.91 Å². The SMILES string of the molecule is NC(=O)c1ccccc1[CH]CCN1CC2CN(C(=O)c3c(F)cccc3Cl)C[C@@H]2C1. The van der Waals surface area contributed by atoms with Gasteiger partial charge < -0.3 is 15.5 Å². The van der Waals surface area contributed by atoms with E-state index in [9.17, 15) is 14.0 Å². The van der Waals surface area contributed by atoms with E-state index in [1.807, 2.05) is 18.6 Å². The van der Waals surface area contributed by atoms with Crippen LogP contribution in [0, 0.1) is 24.1 Å². The summed E-state index contributed by atoms with van der Waals surface area (Å²) in [6.07, 6.45) is 2.86. The minimum absolute atomic E-state index is 0.0290. The van der Waals surface area contributed by atoms with Crippen molar-refractivity contribution in [3.63, 3.8) is 0 Å². The molecule has 0 bridgehead atoms. The molecule has 2 N–H and O–H groups in total. The molecule has 2 atom stereocenters. The lowest BCUT2D eigenvalue weighted by atomic mass is 10.0. The average Bonchev–Trinajstić information content (AvgIpc) is 3.27. The monoisotopic (exact) mass is 428 g/mol. The molecule has 0 aliphatic carbocycles. The first-order chi connectivity index (χ1) is 14.4. The molecule has 157 valence electrons. The lowest BCUT2D eigenvalue weighted by Crippen LogP contribution is -2.34. The molecule has 7 heteroatoms. The summed E-state index contributed by atoms with van der Waals surface area (Å²) in [5.74, 6) is -0.541. The van der Waals surface area contributed by atoms with Crippen LogP contribution in [0.1, 0.15) is 32.7 Å². The predicted molar refractivity (Wildman–Crippen MR) is 114 cm³/mol. The Morgan fingerprint density at radius 2 is 1.77 bits per heavy atom. The van der Waals surface area contributed by atoms with Crippen molar-refractivity contribution in [2.75, 3.05) is 32.7 Å². The summed E-state index contributed by atoms with van der Waals surface area (Å²) in [6, 6.07) is 11.7. The van der Waals surface area contributed by atoms with Gasteiger partial charge in [-0.1, -0.05) is 35.9 Å². The topological polar surface area (TPSA) is 66.6 Å². The normalized spacial score (nSPS) is 21.1. The van der Waals surface area contributed by atoms with E-state index < -0.39 is 11.7 Å². The molecular formula is C23H24ClFN3O2. The number of rotatable bonds is 6. The number of hydrogen-bond acceptors (Lipinski definition) is 3. The van der Waals surface area contributed by atoms with Crippen LogP contribution in [0.25, 0.3) is 0 Å². The number of amides is 2. The quantitative estimate of drug-likeness (QED) is 0.768. The molecular weight excluding hydrogens is 405 g/mol. The first-order valence-electron chi connectivity index (χ1n) is 10.1. The van der Waals surface area contributed by atoms with Crippen molar-refractivity contribution in [3.8, 4) is 0 Å². The van der Waals surface area contributed by atoms with Gasteiger partial charge in [-0.2, -0.15) is 0 Å². The third-order valence-corrected chi connectivity index (χ3v) is 6.38. The Morgan fingerprint density at radius 3 is 2.43 bits per heavy atom. The molecule has 0 spiro atoms. The van der Waals surface area contributed by atoms with Gasteiger partial charge in [-0.05, 0) is 55.0 Å². The van der Waals surface area contributed by atoms with E-state index in [0.29, 0.717) is 30.5 Å². The third kappa shape index (κ3) is 4.20. The van der Waals surface area contributed by atoms with Crippen LogP contribution in [0.3, 0.4) is 0 Å². The number of halogens is 2. The molecule has 2 fully saturated rings. The number of likely N-dealkylation sites (tertiary alicyclic amines) is 2. The summed E-state index contributed by atoms with van der Waals surface area (Å²) in [5, 5.41) is 0.158. The van der Waals surface area contributed by atoms with E-state index >= 15 is 0 Å². The van der Waals surface area contributed by atoms with Gasteiger partial charge in [0.2, 0.25) is 5.91 Å². The number of carbonyl (C=O) groups excluding carboxylic acids is 2. The fourth-order valence-corrected chi connectivity index (χ4v) is 4.84. The van der Waals surface area contributed by atoms with Crippen molar-refractivity contribution in [3.05, 3.63) is 76.4 Å². The van der Waals surface area contributed by atoms with Crippen molar-refractivity contribution in [1.82, 2.24) is 9.80 Å². The highest BCUT2D eigenvalue weighted by Crippen LogP contribution is 2.33. The zero-order chi connectivity index (χ0) is 21.3. The Morgan fingerprint density at radius 1 is 1.07 bits per heavy atom. The highest BCUT2D eigenvalue weighted by atomic mass is 35.5. The fourth-order valence-electron chi connectivity index (χ4n) is 4.60. The van der Waals surface area contributed by atoms with Gasteiger partial charge in [-0.3, -0.25) is 9.59 Å². The number of nitrogens with zero attached hydrogens (tertiary/aromatic N) is 2. The number of carbonyl (C=O) groups is 2. The summed E-state index contributed by atoms with van der Waals surface area (Å²) in [5.41, 5.74) is 6.81. The highest BCUT2D eigenvalue weighted by molar-refractivity contribution is 6.33. The van der Waals surface area contributed by atoms with Crippen LogP contribution < -0.4 is 5.73 Å². The number of fused-ring (bicyclic) bond motifs is 1. The molecule has 2 aliphatic rings. The van der Waals surface area contributed by atoms with Gasteiger partial charge in [-0.25, -0.2) is 4.39 Å². The summed E-state index contributed by atoms with van der Waals surface area (Å²) >= 11 is 6.06. The molecule has 5 nitrogen and oxygen atoms in total. The van der Waals surface area contributed by atoms with Crippen molar-refractivity contribution in [1.29, 1.82) is 0 Å². The van der Waals surface area contributed by atoms with E-state index in [4.69, 9.17) is 17.3 Å². The van der Waals surface area contributed by atoms with Gasteiger partial charge in [0.05, 0.1) is 10.6 Å². The van der Waals surface area contributed by atoms with Crippen LogP contribution >= 0.6 is 11.6 Å². The van der Waals surface area contributed by atoms with Gasteiger partial charge in [0.1, 0.15) is 5.82 Å². The zero-order valence-corrected chi connectivity index (χ0v) is 17.3. The molecule has 2 aromatic rings. The molecule has 1 radical (unpaired) electrons. The number of hydrogen-bond donors (Lipinski definition) is 1. The Kier molecular flexibility index (Phi) is 6.06. The maximum Gasteiger partial charge on any atom is 0.258 e. The van der Waals surface area contributed by atoms with Crippen molar-refractivity contribution in [2.45, 2.75) is 6.42 Å². The number of primary amides is 1. The number of benzene rings is 2. The maximum atomic E-state index is 14.1. The van der Waals surface area contributed by atoms with Gasteiger partial charge in [-0.15, -0.1) is 0 Å². The van der Waals surface area contributed by atoms with Crippen LogP contribution in [0.5, 0.6) is 0 Å². The molecule has 2 aliphatic heterocycles. The van der Waals surface area contributed by atoms with Crippen LogP contribution in [-0.4, -0.2) is 54.3 Å². The largest absolute Gasteiger partial charge is 0.366 e. The van der Waals surface area contributed by atoms with Crippen LogP contribution in [0.2, 0.25) is 5.02 Å². The van der Waals surface area contributed by atoms with E-state index in [1.54, 1.807) is 23.1 Å². The van der Waals surface area contributed by atoms with Gasteiger partial charge in [0, 0.05) is 31.7 Å². The van der Waals surface area contributed by atoms with Crippen molar-refractivity contribution >= 4 is 23.4 Å². The minimum Gasteiger partial charge on any atom is -0.366 e. The maximum absolute atomic E-state index is 14.1. The van der Waals surface area contributed by atoms with Gasteiger partial charge in [0.15, 0.2) is 0 Å². The van der Waals surface area contributed by atoms with Crippen molar-refractivity contribution < 1.29 is 14.0 Å². The summed E-state index contributed by atoms with van der Waals surface area (Å²) < 4.78 is 14.1. The summed E-state index contributed by atoms with van der Waals surface area (Å²) in [4.78, 5) is 28.4. The Hall–Kier alpha value is -2.44. The second-order valence-corrected chi connectivity index (χ2v) is 8.44. The fraction of sp³-hybridized carbons (Fsp3) is 0.348. The molecule has 0 aromatic heterocycles. The predicted octanol–water partition coefficient (Wildman–Crippen LogP) is 3.22. The first-order valence-corrected chi connectivity index (χ1v) is 10.5. The van der Waals surface area contributed by atoms with Crippen LogP contribution in [-0.2, 0) is 0 Å². The molecule has 1 unspecified atom stereocenters. The molecule has 30 heavy (non-hydrogen) atoms. The van der Waals surface area contributed by atoms with Crippen LogP contribution in [0.15, 0.2) is 42.5 Å².